The maximum absolute atomic E-state index is 12.8. The van der Waals surface area contributed by atoms with Crippen LogP contribution >= 0.6 is 12.6 Å². The van der Waals surface area contributed by atoms with E-state index in [-0.39, 0.29) is 5.82 Å². The largest absolute Gasteiger partial charge is 0.233 e. The minimum atomic E-state index is -0.293. The second-order valence-electron chi connectivity index (χ2n) is 2.76. The summed E-state index contributed by atoms with van der Waals surface area (Å²) in [5, 5.41) is 1.36. The van der Waals surface area contributed by atoms with E-state index >= 15 is 0 Å². The van der Waals surface area contributed by atoms with Crippen LogP contribution in [0.2, 0.25) is 0 Å². The third-order valence-electron chi connectivity index (χ3n) is 1.75. The molecule has 4 heteroatoms. The molecule has 2 nitrogen and oxygen atoms in total. The van der Waals surface area contributed by atoms with Crippen LogP contribution in [0.4, 0.5) is 4.39 Å². The molecule has 0 spiro atoms. The Morgan fingerprint density at radius 1 is 1.31 bits per heavy atom. The van der Waals surface area contributed by atoms with Crippen LogP contribution in [-0.4, -0.2) is 9.97 Å². The van der Waals surface area contributed by atoms with E-state index in [4.69, 9.17) is 0 Å². The Hall–Kier alpha value is -1.16. The maximum atomic E-state index is 12.8. The van der Waals surface area contributed by atoms with Gasteiger partial charge in [-0.05, 0) is 19.1 Å². The van der Waals surface area contributed by atoms with Gasteiger partial charge in [-0.25, -0.2) is 14.4 Å². The van der Waals surface area contributed by atoms with Gasteiger partial charge in [0.15, 0.2) is 0 Å². The van der Waals surface area contributed by atoms with Gasteiger partial charge < -0.3 is 0 Å². The van der Waals surface area contributed by atoms with Gasteiger partial charge in [0.2, 0.25) is 0 Å². The Morgan fingerprint density at radius 2 is 2.08 bits per heavy atom. The SMILES string of the molecule is Cc1nc(S)c2ccc(F)cc2n1. The van der Waals surface area contributed by atoms with Gasteiger partial charge >= 0.3 is 0 Å². The van der Waals surface area contributed by atoms with E-state index in [2.05, 4.69) is 22.6 Å². The van der Waals surface area contributed by atoms with Crippen molar-refractivity contribution in [3.8, 4) is 0 Å². The van der Waals surface area contributed by atoms with Crippen LogP contribution in [0.1, 0.15) is 5.82 Å². The molecule has 1 heterocycles. The third-order valence-corrected chi connectivity index (χ3v) is 2.09. The molecule has 0 fully saturated rings. The van der Waals surface area contributed by atoms with Gasteiger partial charge in [-0.1, -0.05) is 0 Å². The topological polar surface area (TPSA) is 25.8 Å². The summed E-state index contributed by atoms with van der Waals surface area (Å²) in [6, 6.07) is 4.39. The van der Waals surface area contributed by atoms with E-state index in [1.807, 2.05) is 0 Å². The van der Waals surface area contributed by atoms with E-state index in [0.29, 0.717) is 16.4 Å². The number of aryl methyl sites for hydroxylation is 1. The fraction of sp³-hybridized carbons (Fsp3) is 0.111. The van der Waals surface area contributed by atoms with Gasteiger partial charge in [0.1, 0.15) is 16.7 Å². The predicted molar refractivity (Wildman–Crippen MR) is 51.5 cm³/mol. The summed E-state index contributed by atoms with van der Waals surface area (Å²) < 4.78 is 12.8. The first kappa shape index (κ1) is 8.44. The molecule has 0 aliphatic rings. The van der Waals surface area contributed by atoms with Crippen molar-refractivity contribution in [2.45, 2.75) is 11.9 Å². The minimum Gasteiger partial charge on any atom is -0.233 e. The van der Waals surface area contributed by atoms with Crippen molar-refractivity contribution < 1.29 is 4.39 Å². The first-order chi connectivity index (χ1) is 6.16. The Kier molecular flexibility index (Phi) is 1.92. The van der Waals surface area contributed by atoms with Crippen molar-refractivity contribution in [2.24, 2.45) is 0 Å². The van der Waals surface area contributed by atoms with E-state index < -0.39 is 0 Å². The maximum Gasteiger partial charge on any atom is 0.127 e. The van der Waals surface area contributed by atoms with E-state index in [1.165, 1.54) is 12.1 Å². The molecule has 1 aromatic heterocycles. The second kappa shape index (κ2) is 2.96. The molecule has 0 amide bonds. The zero-order chi connectivity index (χ0) is 9.42. The molecule has 0 radical (unpaired) electrons. The standard InChI is InChI=1S/C9H7FN2S/c1-5-11-8-4-6(10)2-3-7(8)9(13)12-5/h2-4H,1H3,(H,11,12,13). The lowest BCUT2D eigenvalue weighted by Crippen LogP contribution is -1.91. The van der Waals surface area contributed by atoms with E-state index in [0.717, 1.165) is 5.39 Å². The number of nitrogens with zero attached hydrogens (tertiary/aromatic N) is 2. The summed E-state index contributed by atoms with van der Waals surface area (Å²) >= 11 is 4.18. The lowest BCUT2D eigenvalue weighted by atomic mass is 10.2. The lowest BCUT2D eigenvalue weighted by Gasteiger charge is -2.01. The molecule has 66 valence electrons. The van der Waals surface area contributed by atoms with Crippen LogP contribution in [0.15, 0.2) is 23.2 Å². The number of thiol groups is 1. The number of benzene rings is 1. The molecule has 0 aliphatic heterocycles. The van der Waals surface area contributed by atoms with Gasteiger partial charge in [-0.15, -0.1) is 12.6 Å². The van der Waals surface area contributed by atoms with Crippen LogP contribution in [0.25, 0.3) is 10.9 Å². The Balaban J connectivity index is 2.86. The zero-order valence-corrected chi connectivity index (χ0v) is 7.85. The van der Waals surface area contributed by atoms with Crippen LogP contribution in [0.3, 0.4) is 0 Å². The Labute approximate surface area is 80.2 Å². The zero-order valence-electron chi connectivity index (χ0n) is 6.95. The smallest absolute Gasteiger partial charge is 0.127 e. The van der Waals surface area contributed by atoms with E-state index in [1.54, 1.807) is 13.0 Å². The molecule has 0 N–H and O–H groups in total. The van der Waals surface area contributed by atoms with Crippen molar-refractivity contribution in [3.05, 3.63) is 29.8 Å². The average molecular weight is 194 g/mol. The number of aromatic nitrogens is 2. The van der Waals surface area contributed by atoms with Gasteiger partial charge in [0.05, 0.1) is 5.52 Å². The summed E-state index contributed by atoms with van der Waals surface area (Å²) in [6.45, 7) is 1.75. The summed E-state index contributed by atoms with van der Waals surface area (Å²) in [7, 11) is 0. The van der Waals surface area contributed by atoms with Gasteiger partial charge in [0.25, 0.3) is 0 Å². The van der Waals surface area contributed by atoms with Crippen LogP contribution in [0.5, 0.6) is 0 Å². The summed E-state index contributed by atoms with van der Waals surface area (Å²) in [6.07, 6.45) is 0. The van der Waals surface area contributed by atoms with Crippen molar-refractivity contribution >= 4 is 23.5 Å². The first-order valence-electron chi connectivity index (χ1n) is 3.80. The van der Waals surface area contributed by atoms with Gasteiger partial charge in [-0.2, -0.15) is 0 Å². The predicted octanol–water partition coefficient (Wildman–Crippen LogP) is 2.37. The van der Waals surface area contributed by atoms with Crippen molar-refractivity contribution in [1.29, 1.82) is 0 Å². The van der Waals surface area contributed by atoms with Crippen LogP contribution < -0.4 is 0 Å². The quantitative estimate of drug-likeness (QED) is 0.514. The third kappa shape index (κ3) is 1.49. The number of hydrogen-bond acceptors (Lipinski definition) is 3. The van der Waals surface area contributed by atoms with Gasteiger partial charge in [0, 0.05) is 11.5 Å². The highest BCUT2D eigenvalue weighted by Gasteiger charge is 2.02. The highest BCUT2D eigenvalue weighted by Crippen LogP contribution is 2.19. The molecular weight excluding hydrogens is 187 g/mol. The highest BCUT2D eigenvalue weighted by molar-refractivity contribution is 7.80. The minimum absolute atomic E-state index is 0.293. The van der Waals surface area contributed by atoms with Crippen molar-refractivity contribution in [2.75, 3.05) is 0 Å². The molecule has 0 saturated carbocycles. The Morgan fingerprint density at radius 3 is 2.85 bits per heavy atom. The molecule has 2 aromatic rings. The fourth-order valence-electron chi connectivity index (χ4n) is 1.20. The number of rotatable bonds is 0. The molecule has 2 rings (SSSR count). The lowest BCUT2D eigenvalue weighted by molar-refractivity contribution is 0.629. The monoisotopic (exact) mass is 194 g/mol. The second-order valence-corrected chi connectivity index (χ2v) is 3.18. The summed E-state index contributed by atoms with van der Waals surface area (Å²) in [4.78, 5) is 8.16. The average Bonchev–Trinajstić information content (AvgIpc) is 2.02. The van der Waals surface area contributed by atoms with Crippen molar-refractivity contribution in [3.63, 3.8) is 0 Å². The number of halogens is 1. The molecule has 0 unspecified atom stereocenters. The molecular formula is C9H7FN2S. The normalized spacial score (nSPS) is 10.7. The number of hydrogen-bond donors (Lipinski definition) is 1. The number of fused-ring (bicyclic) bond motifs is 1. The molecule has 0 atom stereocenters. The fourth-order valence-corrected chi connectivity index (χ4v) is 1.53. The molecule has 0 saturated heterocycles. The molecule has 0 aliphatic carbocycles. The van der Waals surface area contributed by atoms with Gasteiger partial charge in [-0.3, -0.25) is 0 Å². The van der Waals surface area contributed by atoms with Crippen LogP contribution in [-0.2, 0) is 0 Å². The van der Waals surface area contributed by atoms with E-state index in [9.17, 15) is 4.39 Å². The first-order valence-corrected chi connectivity index (χ1v) is 4.24. The highest BCUT2D eigenvalue weighted by atomic mass is 32.1. The Bertz CT molecular complexity index is 465. The summed E-state index contributed by atoms with van der Waals surface area (Å²) in [5.41, 5.74) is 0.595. The summed E-state index contributed by atoms with van der Waals surface area (Å²) in [5.74, 6) is 0.307. The molecule has 0 bridgehead atoms. The van der Waals surface area contributed by atoms with Crippen molar-refractivity contribution in [1.82, 2.24) is 9.97 Å². The van der Waals surface area contributed by atoms with Crippen LogP contribution in [0, 0.1) is 12.7 Å². The molecule has 1 aromatic carbocycles. The molecule has 13 heavy (non-hydrogen) atoms.